The molecule has 0 fully saturated rings. The fourth-order valence-electron chi connectivity index (χ4n) is 1.32. The minimum absolute atomic E-state index is 0.611. The molecule has 0 saturated carbocycles. The van der Waals surface area contributed by atoms with Gasteiger partial charge in [-0.05, 0) is 19.2 Å². The van der Waals surface area contributed by atoms with Crippen LogP contribution in [0.3, 0.4) is 0 Å². The van der Waals surface area contributed by atoms with Crippen LogP contribution in [-0.4, -0.2) is 40.5 Å². The summed E-state index contributed by atoms with van der Waals surface area (Å²) < 4.78 is 0. The second kappa shape index (κ2) is 7.20. The first-order chi connectivity index (χ1) is 7.81. The molecule has 86 valence electrons. The van der Waals surface area contributed by atoms with E-state index in [0.29, 0.717) is 5.56 Å². The smallest absolute Gasteiger partial charge is 0.137 e. The van der Waals surface area contributed by atoms with Crippen LogP contribution >= 0.6 is 11.8 Å². The summed E-state index contributed by atoms with van der Waals surface area (Å²) in [5.74, 6) is 0.940. The first kappa shape index (κ1) is 12.9. The summed E-state index contributed by atoms with van der Waals surface area (Å²) in [4.78, 5) is 2.34. The second-order valence-electron chi connectivity index (χ2n) is 3.24. The standard InChI is InChI=1S/C11H16N4S/c1-3-15(4-2)7-8-16-11-10(9-12)5-6-13-14-11/h5-6H,3-4,7-8H2,1-2H3. The molecule has 0 N–H and O–H groups in total. The van der Waals surface area contributed by atoms with E-state index in [4.69, 9.17) is 5.26 Å². The van der Waals surface area contributed by atoms with Crippen LogP contribution in [0.15, 0.2) is 17.3 Å². The van der Waals surface area contributed by atoms with Crippen LogP contribution in [0.1, 0.15) is 19.4 Å². The summed E-state index contributed by atoms with van der Waals surface area (Å²) in [6.07, 6.45) is 1.55. The molecular formula is C11H16N4S. The van der Waals surface area contributed by atoms with Gasteiger partial charge < -0.3 is 4.90 Å². The highest BCUT2D eigenvalue weighted by atomic mass is 32.2. The fraction of sp³-hybridized carbons (Fsp3) is 0.545. The lowest BCUT2D eigenvalue weighted by molar-refractivity contribution is 0.324. The summed E-state index contributed by atoms with van der Waals surface area (Å²) >= 11 is 1.59. The summed E-state index contributed by atoms with van der Waals surface area (Å²) in [5.41, 5.74) is 0.611. The minimum atomic E-state index is 0.611. The van der Waals surface area contributed by atoms with Crippen molar-refractivity contribution < 1.29 is 0 Å². The Morgan fingerprint density at radius 2 is 2.19 bits per heavy atom. The van der Waals surface area contributed by atoms with Crippen molar-refractivity contribution in [3.63, 3.8) is 0 Å². The van der Waals surface area contributed by atoms with Crippen molar-refractivity contribution in [1.29, 1.82) is 5.26 Å². The number of rotatable bonds is 6. The largest absolute Gasteiger partial charge is 0.303 e. The van der Waals surface area contributed by atoms with Crippen molar-refractivity contribution in [2.24, 2.45) is 0 Å². The third-order valence-corrected chi connectivity index (χ3v) is 3.31. The van der Waals surface area contributed by atoms with Crippen LogP contribution in [0.2, 0.25) is 0 Å². The summed E-state index contributed by atoms with van der Waals surface area (Å²) in [7, 11) is 0. The van der Waals surface area contributed by atoms with E-state index in [1.54, 1.807) is 24.0 Å². The number of hydrogen-bond acceptors (Lipinski definition) is 5. The second-order valence-corrected chi connectivity index (χ2v) is 4.32. The molecule has 0 aliphatic heterocycles. The van der Waals surface area contributed by atoms with E-state index in [0.717, 1.165) is 30.4 Å². The van der Waals surface area contributed by atoms with Gasteiger partial charge in [-0.2, -0.15) is 10.4 Å². The Bertz CT molecular complexity index is 357. The summed E-state index contributed by atoms with van der Waals surface area (Å²) in [6.45, 7) is 7.43. The van der Waals surface area contributed by atoms with Crippen LogP contribution < -0.4 is 0 Å². The van der Waals surface area contributed by atoms with Gasteiger partial charge in [0.25, 0.3) is 0 Å². The van der Waals surface area contributed by atoms with Crippen LogP contribution in [-0.2, 0) is 0 Å². The Kier molecular flexibility index (Phi) is 5.83. The highest BCUT2D eigenvalue weighted by Gasteiger charge is 2.05. The zero-order chi connectivity index (χ0) is 11.8. The molecule has 1 heterocycles. The topological polar surface area (TPSA) is 52.8 Å². The molecule has 0 bridgehead atoms. The SMILES string of the molecule is CCN(CC)CCSc1nnccc1C#N. The monoisotopic (exact) mass is 236 g/mol. The molecule has 1 aromatic rings. The van der Waals surface area contributed by atoms with Crippen molar-refractivity contribution in [1.82, 2.24) is 15.1 Å². The minimum Gasteiger partial charge on any atom is -0.303 e. The summed E-state index contributed by atoms with van der Waals surface area (Å²) in [5, 5.41) is 17.4. The van der Waals surface area contributed by atoms with Crippen LogP contribution in [0.25, 0.3) is 0 Å². The first-order valence-electron chi connectivity index (χ1n) is 5.38. The molecular weight excluding hydrogens is 220 g/mol. The van der Waals surface area contributed by atoms with Gasteiger partial charge in [-0.15, -0.1) is 16.9 Å². The van der Waals surface area contributed by atoms with Crippen LogP contribution in [0, 0.1) is 11.3 Å². The highest BCUT2D eigenvalue weighted by Crippen LogP contribution is 2.18. The molecule has 0 aliphatic rings. The maximum atomic E-state index is 8.88. The van der Waals surface area contributed by atoms with E-state index < -0.39 is 0 Å². The lowest BCUT2D eigenvalue weighted by atomic mass is 10.3. The number of aromatic nitrogens is 2. The van der Waals surface area contributed by atoms with Gasteiger partial charge in [-0.25, -0.2) is 0 Å². The Hall–Kier alpha value is -1.12. The molecule has 0 spiro atoms. The van der Waals surface area contributed by atoms with Crippen molar-refractivity contribution in [2.75, 3.05) is 25.4 Å². The number of hydrogen-bond donors (Lipinski definition) is 0. The van der Waals surface area contributed by atoms with Gasteiger partial charge in [-0.1, -0.05) is 13.8 Å². The van der Waals surface area contributed by atoms with Crippen molar-refractivity contribution in [2.45, 2.75) is 18.9 Å². The van der Waals surface area contributed by atoms with E-state index in [-0.39, 0.29) is 0 Å². The molecule has 1 aromatic heterocycles. The van der Waals surface area contributed by atoms with Crippen molar-refractivity contribution >= 4 is 11.8 Å². The number of nitrogens with zero attached hydrogens (tertiary/aromatic N) is 4. The van der Waals surface area contributed by atoms with Gasteiger partial charge in [0, 0.05) is 12.3 Å². The average Bonchev–Trinajstić information content (AvgIpc) is 2.35. The Balaban J connectivity index is 2.46. The van der Waals surface area contributed by atoms with Gasteiger partial charge in [0.15, 0.2) is 0 Å². The molecule has 0 aliphatic carbocycles. The van der Waals surface area contributed by atoms with Crippen LogP contribution in [0.5, 0.6) is 0 Å². The van der Waals surface area contributed by atoms with Gasteiger partial charge >= 0.3 is 0 Å². The molecule has 16 heavy (non-hydrogen) atoms. The predicted molar refractivity (Wildman–Crippen MR) is 65.3 cm³/mol. The lowest BCUT2D eigenvalue weighted by Gasteiger charge is -2.16. The van der Waals surface area contributed by atoms with Gasteiger partial charge in [0.05, 0.1) is 11.8 Å². The molecule has 0 saturated heterocycles. The summed E-state index contributed by atoms with van der Waals surface area (Å²) in [6, 6.07) is 3.83. The lowest BCUT2D eigenvalue weighted by Crippen LogP contribution is -2.25. The molecule has 0 aromatic carbocycles. The van der Waals surface area contributed by atoms with E-state index in [1.165, 1.54) is 0 Å². The number of thioether (sulfide) groups is 1. The molecule has 4 nitrogen and oxygen atoms in total. The van der Waals surface area contributed by atoms with Crippen molar-refractivity contribution in [3.8, 4) is 6.07 Å². The van der Waals surface area contributed by atoms with Gasteiger partial charge in [0.1, 0.15) is 11.1 Å². The maximum Gasteiger partial charge on any atom is 0.137 e. The average molecular weight is 236 g/mol. The molecule has 0 atom stereocenters. The molecule has 5 heteroatoms. The zero-order valence-corrected chi connectivity index (χ0v) is 10.5. The number of nitriles is 1. The van der Waals surface area contributed by atoms with E-state index >= 15 is 0 Å². The van der Waals surface area contributed by atoms with Crippen LogP contribution in [0.4, 0.5) is 0 Å². The quantitative estimate of drug-likeness (QED) is 0.705. The first-order valence-corrected chi connectivity index (χ1v) is 6.37. The Morgan fingerprint density at radius 3 is 2.81 bits per heavy atom. The zero-order valence-electron chi connectivity index (χ0n) is 9.68. The van der Waals surface area contributed by atoms with E-state index in [9.17, 15) is 0 Å². The third kappa shape index (κ3) is 3.80. The normalized spacial score (nSPS) is 10.4. The maximum absolute atomic E-state index is 8.88. The Labute approximate surface area is 101 Å². The Morgan fingerprint density at radius 1 is 1.44 bits per heavy atom. The van der Waals surface area contributed by atoms with Gasteiger partial charge in [0.2, 0.25) is 0 Å². The predicted octanol–water partition coefficient (Wildman–Crippen LogP) is 1.78. The van der Waals surface area contributed by atoms with Gasteiger partial charge in [-0.3, -0.25) is 0 Å². The van der Waals surface area contributed by atoms with E-state index in [2.05, 4.69) is 35.0 Å². The third-order valence-electron chi connectivity index (χ3n) is 2.35. The molecule has 0 radical (unpaired) electrons. The van der Waals surface area contributed by atoms with E-state index in [1.807, 2.05) is 0 Å². The highest BCUT2D eigenvalue weighted by molar-refractivity contribution is 7.99. The molecule has 1 rings (SSSR count). The molecule has 0 amide bonds. The fourth-order valence-corrected chi connectivity index (χ4v) is 2.24. The molecule has 0 unspecified atom stereocenters. The van der Waals surface area contributed by atoms with Crippen molar-refractivity contribution in [3.05, 3.63) is 17.8 Å².